The molecule has 0 fully saturated rings. The van der Waals surface area contributed by atoms with E-state index in [9.17, 15) is 22.8 Å². The van der Waals surface area contributed by atoms with Crippen LogP contribution in [0.4, 0.5) is 24.5 Å². The van der Waals surface area contributed by atoms with Crippen molar-refractivity contribution in [2.75, 3.05) is 10.6 Å². The zero-order valence-corrected chi connectivity index (χ0v) is 15.8. The molecule has 5 nitrogen and oxygen atoms in total. The molecule has 0 radical (unpaired) electrons. The fraction of sp³-hybridized carbons (Fsp3) is 0.300. The zero-order chi connectivity index (χ0) is 21.1. The van der Waals surface area contributed by atoms with Gasteiger partial charge in [-0.25, -0.2) is 0 Å². The molecule has 0 atom stereocenters. The molecule has 28 heavy (non-hydrogen) atoms. The third-order valence-corrected chi connectivity index (χ3v) is 3.91. The first-order chi connectivity index (χ1) is 12.9. The molecule has 0 unspecified atom stereocenters. The van der Waals surface area contributed by atoms with E-state index in [1.165, 1.54) is 12.1 Å². The molecule has 0 aromatic heterocycles. The Hall–Kier alpha value is -2.87. The normalized spacial score (nSPS) is 11.8. The number of carbonyl (C=O) groups is 2. The van der Waals surface area contributed by atoms with Crippen molar-refractivity contribution in [3.63, 3.8) is 0 Å². The molecule has 0 saturated heterocycles. The predicted octanol–water partition coefficient (Wildman–Crippen LogP) is 4.40. The Balaban J connectivity index is 2.33. The summed E-state index contributed by atoms with van der Waals surface area (Å²) in [6, 6.07) is 9.43. The fourth-order valence-corrected chi connectivity index (χ4v) is 2.34. The molecule has 150 valence electrons. The van der Waals surface area contributed by atoms with Crippen molar-refractivity contribution in [1.29, 1.82) is 0 Å². The molecule has 0 heterocycles. The number of nitrogens with two attached hydrogens (primary N) is 1. The van der Waals surface area contributed by atoms with Gasteiger partial charge >= 0.3 is 6.18 Å². The van der Waals surface area contributed by atoms with Gasteiger partial charge in [0.1, 0.15) is 0 Å². The van der Waals surface area contributed by atoms with Gasteiger partial charge in [0, 0.05) is 17.6 Å². The average molecular weight is 393 g/mol. The van der Waals surface area contributed by atoms with Gasteiger partial charge in [0.05, 0.1) is 16.8 Å². The number of para-hydroxylation sites is 1. The van der Waals surface area contributed by atoms with Gasteiger partial charge in [-0.15, -0.1) is 0 Å². The number of anilines is 2. The molecule has 4 N–H and O–H groups in total. The molecule has 0 saturated carbocycles. The molecule has 0 aliphatic carbocycles. The summed E-state index contributed by atoms with van der Waals surface area (Å²) < 4.78 is 39.2. The van der Waals surface area contributed by atoms with Crippen molar-refractivity contribution in [3.05, 3.63) is 59.2 Å². The van der Waals surface area contributed by atoms with E-state index in [1.807, 2.05) is 0 Å². The van der Waals surface area contributed by atoms with Gasteiger partial charge in [-0.3, -0.25) is 9.59 Å². The Morgan fingerprint density at radius 2 is 1.64 bits per heavy atom. The van der Waals surface area contributed by atoms with E-state index < -0.39 is 23.1 Å². The second-order valence-corrected chi connectivity index (χ2v) is 7.32. The van der Waals surface area contributed by atoms with Crippen molar-refractivity contribution in [2.24, 2.45) is 11.1 Å². The Morgan fingerprint density at radius 3 is 2.21 bits per heavy atom. The first-order valence-electron chi connectivity index (χ1n) is 8.55. The van der Waals surface area contributed by atoms with Crippen molar-refractivity contribution in [3.8, 4) is 0 Å². The van der Waals surface area contributed by atoms with Gasteiger partial charge in [0.2, 0.25) is 5.91 Å². The summed E-state index contributed by atoms with van der Waals surface area (Å²) in [6.07, 6.45) is -4.57. The Bertz CT molecular complexity index is 887. The molecular weight excluding hydrogens is 371 g/mol. The quantitative estimate of drug-likeness (QED) is 0.720. The van der Waals surface area contributed by atoms with Crippen LogP contribution in [0, 0.1) is 5.41 Å². The van der Waals surface area contributed by atoms with Gasteiger partial charge in [0.25, 0.3) is 5.91 Å². The standard InChI is InChI=1S/C20H22F3N3O2/c1-19(2,3)18(28)26-16-7-5-4-6-15(16)17(27)25-14-9-12(11-24)8-13(10-14)20(21,22)23/h4-10H,11,24H2,1-3H3,(H,25,27)(H,26,28). The average Bonchev–Trinajstić information content (AvgIpc) is 2.60. The number of rotatable bonds is 4. The van der Waals surface area contributed by atoms with Crippen LogP contribution < -0.4 is 16.4 Å². The molecule has 2 aromatic carbocycles. The highest BCUT2D eigenvalue weighted by Gasteiger charge is 2.31. The van der Waals surface area contributed by atoms with Crippen LogP contribution in [-0.2, 0) is 17.5 Å². The maximum atomic E-state index is 13.1. The molecule has 8 heteroatoms. The molecular formula is C20H22F3N3O2. The third-order valence-electron chi connectivity index (χ3n) is 3.91. The first-order valence-corrected chi connectivity index (χ1v) is 8.55. The molecule has 2 aromatic rings. The minimum atomic E-state index is -4.57. The van der Waals surface area contributed by atoms with Crippen LogP contribution in [0.3, 0.4) is 0 Å². The first kappa shape index (κ1) is 21.4. The Kier molecular flexibility index (Phi) is 6.14. The number of benzene rings is 2. The van der Waals surface area contributed by atoms with E-state index in [-0.39, 0.29) is 35.0 Å². The Morgan fingerprint density at radius 1 is 1.00 bits per heavy atom. The van der Waals surface area contributed by atoms with E-state index in [4.69, 9.17) is 5.73 Å². The lowest BCUT2D eigenvalue weighted by atomic mass is 9.95. The lowest BCUT2D eigenvalue weighted by Gasteiger charge is -2.19. The van der Waals surface area contributed by atoms with Gasteiger partial charge in [-0.1, -0.05) is 32.9 Å². The molecule has 0 spiro atoms. The number of hydrogen-bond acceptors (Lipinski definition) is 3. The number of amides is 2. The summed E-state index contributed by atoms with van der Waals surface area (Å²) in [4.78, 5) is 24.9. The second-order valence-electron chi connectivity index (χ2n) is 7.32. The van der Waals surface area contributed by atoms with E-state index in [1.54, 1.807) is 39.0 Å². The van der Waals surface area contributed by atoms with Crippen LogP contribution >= 0.6 is 0 Å². The van der Waals surface area contributed by atoms with E-state index in [2.05, 4.69) is 10.6 Å². The van der Waals surface area contributed by atoms with E-state index in [0.717, 1.165) is 12.1 Å². The van der Waals surface area contributed by atoms with Gasteiger partial charge in [-0.05, 0) is 35.9 Å². The Labute approximate surface area is 161 Å². The minimum Gasteiger partial charge on any atom is -0.326 e. The van der Waals surface area contributed by atoms with Crippen LogP contribution in [0.5, 0.6) is 0 Å². The highest BCUT2D eigenvalue weighted by molar-refractivity contribution is 6.10. The number of alkyl halides is 3. The van der Waals surface area contributed by atoms with Crippen LogP contribution in [-0.4, -0.2) is 11.8 Å². The summed E-state index contributed by atoms with van der Waals surface area (Å²) in [5.74, 6) is -0.940. The number of halogens is 3. The minimum absolute atomic E-state index is 0.0303. The summed E-state index contributed by atoms with van der Waals surface area (Å²) in [6.45, 7) is 5.07. The number of hydrogen-bond donors (Lipinski definition) is 3. The second kappa shape index (κ2) is 8.02. The number of carbonyl (C=O) groups excluding carboxylic acids is 2. The molecule has 0 bridgehead atoms. The summed E-state index contributed by atoms with van der Waals surface area (Å²) in [7, 11) is 0. The highest BCUT2D eigenvalue weighted by Crippen LogP contribution is 2.32. The topological polar surface area (TPSA) is 84.2 Å². The molecule has 0 aliphatic heterocycles. The van der Waals surface area contributed by atoms with Gasteiger partial charge in [-0.2, -0.15) is 13.2 Å². The predicted molar refractivity (Wildman–Crippen MR) is 102 cm³/mol. The smallest absolute Gasteiger partial charge is 0.326 e. The van der Waals surface area contributed by atoms with Crippen LogP contribution in [0.2, 0.25) is 0 Å². The SMILES string of the molecule is CC(C)(C)C(=O)Nc1ccccc1C(=O)Nc1cc(CN)cc(C(F)(F)F)c1. The molecule has 2 rings (SSSR count). The van der Waals surface area contributed by atoms with Crippen LogP contribution in [0.1, 0.15) is 42.3 Å². The largest absolute Gasteiger partial charge is 0.416 e. The van der Waals surface area contributed by atoms with Gasteiger partial charge < -0.3 is 16.4 Å². The molecule has 0 aliphatic rings. The van der Waals surface area contributed by atoms with Crippen molar-refractivity contribution >= 4 is 23.2 Å². The maximum absolute atomic E-state index is 13.1. The van der Waals surface area contributed by atoms with E-state index in [0.29, 0.717) is 0 Å². The third kappa shape index (κ3) is 5.32. The monoisotopic (exact) mass is 393 g/mol. The lowest BCUT2D eigenvalue weighted by Crippen LogP contribution is -2.28. The lowest BCUT2D eigenvalue weighted by molar-refractivity contribution is -0.137. The molecule has 2 amide bonds. The fourth-order valence-electron chi connectivity index (χ4n) is 2.34. The van der Waals surface area contributed by atoms with Crippen LogP contribution in [0.15, 0.2) is 42.5 Å². The zero-order valence-electron chi connectivity index (χ0n) is 15.8. The van der Waals surface area contributed by atoms with Crippen LogP contribution in [0.25, 0.3) is 0 Å². The summed E-state index contributed by atoms with van der Waals surface area (Å²) in [5.41, 5.74) is 4.49. The highest BCUT2D eigenvalue weighted by atomic mass is 19.4. The maximum Gasteiger partial charge on any atom is 0.416 e. The van der Waals surface area contributed by atoms with Gasteiger partial charge in [0.15, 0.2) is 0 Å². The summed E-state index contributed by atoms with van der Waals surface area (Å²) in [5, 5.41) is 5.13. The van der Waals surface area contributed by atoms with Crippen molar-refractivity contribution in [2.45, 2.75) is 33.5 Å². The van der Waals surface area contributed by atoms with Crippen molar-refractivity contribution < 1.29 is 22.8 Å². The number of nitrogens with one attached hydrogen (secondary N) is 2. The van der Waals surface area contributed by atoms with E-state index >= 15 is 0 Å². The van der Waals surface area contributed by atoms with Crippen molar-refractivity contribution in [1.82, 2.24) is 0 Å². The summed E-state index contributed by atoms with van der Waals surface area (Å²) >= 11 is 0.